The van der Waals surface area contributed by atoms with E-state index in [2.05, 4.69) is 10.1 Å². The maximum absolute atomic E-state index is 13.5. The molecule has 0 unspecified atom stereocenters. The molecule has 0 aliphatic heterocycles. The van der Waals surface area contributed by atoms with Crippen molar-refractivity contribution in [2.24, 2.45) is 5.73 Å². The fourth-order valence-corrected chi connectivity index (χ4v) is 1.25. The summed E-state index contributed by atoms with van der Waals surface area (Å²) >= 11 is 0. The molecule has 1 rings (SSSR count). The average Bonchev–Trinajstić information content (AvgIpc) is 2.29. The molecule has 94 valence electrons. The zero-order valence-electron chi connectivity index (χ0n) is 9.16. The number of rotatable bonds is 6. The number of hydrogen-bond acceptors (Lipinski definition) is 3. The molecule has 6 heteroatoms. The van der Waals surface area contributed by atoms with Crippen LogP contribution in [0.2, 0.25) is 0 Å². The van der Waals surface area contributed by atoms with Gasteiger partial charge in [-0.25, -0.2) is 4.79 Å². The molecule has 0 aliphatic rings. The van der Waals surface area contributed by atoms with Gasteiger partial charge in [-0.05, 0) is 0 Å². The Morgan fingerprint density at radius 1 is 1.35 bits per heavy atom. The summed E-state index contributed by atoms with van der Waals surface area (Å²) < 4.78 is 31.5. The Kier molecular flexibility index (Phi) is 4.84. The highest BCUT2D eigenvalue weighted by atomic mass is 19.3. The maximum atomic E-state index is 13.5. The van der Waals surface area contributed by atoms with Gasteiger partial charge in [0.2, 0.25) is 0 Å². The highest BCUT2D eigenvalue weighted by molar-refractivity contribution is 5.64. The number of primary amides is 1. The zero-order chi connectivity index (χ0) is 12.7. The van der Waals surface area contributed by atoms with Crippen molar-refractivity contribution in [3.63, 3.8) is 0 Å². The minimum absolute atomic E-state index is 0.0276. The summed E-state index contributed by atoms with van der Waals surface area (Å²) in [5, 5.41) is 2.50. The SMILES string of the molecule is NC(=O)OCCNCC(F)(F)c1ccccc1. The Morgan fingerprint density at radius 2 is 2.00 bits per heavy atom. The molecule has 0 aromatic heterocycles. The van der Waals surface area contributed by atoms with Crippen molar-refractivity contribution in [3.8, 4) is 0 Å². The van der Waals surface area contributed by atoms with Crippen LogP contribution in [0.3, 0.4) is 0 Å². The molecule has 1 amide bonds. The molecule has 0 atom stereocenters. The van der Waals surface area contributed by atoms with Gasteiger partial charge in [0, 0.05) is 12.1 Å². The van der Waals surface area contributed by atoms with Gasteiger partial charge >= 0.3 is 6.09 Å². The van der Waals surface area contributed by atoms with E-state index in [4.69, 9.17) is 5.73 Å². The predicted molar refractivity (Wildman–Crippen MR) is 58.7 cm³/mol. The summed E-state index contributed by atoms with van der Waals surface area (Å²) in [5.41, 5.74) is 4.66. The molecule has 0 heterocycles. The highest BCUT2D eigenvalue weighted by Gasteiger charge is 2.30. The molecule has 0 bridgehead atoms. The normalized spacial score (nSPS) is 11.2. The number of nitrogens with two attached hydrogens (primary N) is 1. The van der Waals surface area contributed by atoms with E-state index in [9.17, 15) is 13.6 Å². The first-order valence-corrected chi connectivity index (χ1v) is 5.08. The van der Waals surface area contributed by atoms with E-state index in [1.54, 1.807) is 18.2 Å². The standard InChI is InChI=1S/C11H14F2N2O2/c12-11(13,9-4-2-1-3-5-9)8-15-6-7-17-10(14)16/h1-5,15H,6-8H2,(H2,14,16). The average molecular weight is 244 g/mol. The van der Waals surface area contributed by atoms with Crippen LogP contribution in [0.25, 0.3) is 0 Å². The summed E-state index contributed by atoms with van der Waals surface area (Å²) in [6, 6.07) is 7.51. The molecule has 3 N–H and O–H groups in total. The van der Waals surface area contributed by atoms with Crippen LogP contribution in [0.5, 0.6) is 0 Å². The van der Waals surface area contributed by atoms with Gasteiger partial charge in [0.05, 0.1) is 6.54 Å². The van der Waals surface area contributed by atoms with Crippen molar-refractivity contribution >= 4 is 6.09 Å². The van der Waals surface area contributed by atoms with Gasteiger partial charge < -0.3 is 15.8 Å². The number of halogens is 2. The minimum Gasteiger partial charge on any atom is -0.448 e. The first-order valence-electron chi connectivity index (χ1n) is 5.08. The Balaban J connectivity index is 2.33. The number of amides is 1. The third-order valence-electron chi connectivity index (χ3n) is 2.07. The fourth-order valence-electron chi connectivity index (χ4n) is 1.25. The van der Waals surface area contributed by atoms with Crippen LogP contribution in [-0.4, -0.2) is 25.8 Å². The largest absolute Gasteiger partial charge is 0.448 e. The lowest BCUT2D eigenvalue weighted by Gasteiger charge is -2.17. The van der Waals surface area contributed by atoms with Gasteiger partial charge in [-0.2, -0.15) is 8.78 Å². The third kappa shape index (κ3) is 4.78. The molecule has 0 saturated carbocycles. The first-order chi connectivity index (χ1) is 8.02. The quantitative estimate of drug-likeness (QED) is 0.745. The van der Waals surface area contributed by atoms with Crippen molar-refractivity contribution in [2.75, 3.05) is 19.7 Å². The lowest BCUT2D eigenvalue weighted by Crippen LogP contribution is -2.33. The summed E-state index contributed by atoms with van der Waals surface area (Å²) in [5.74, 6) is -2.95. The Labute approximate surface area is 97.8 Å². The number of benzene rings is 1. The first kappa shape index (κ1) is 13.4. The van der Waals surface area contributed by atoms with Crippen LogP contribution in [-0.2, 0) is 10.7 Å². The number of carbonyl (C=O) groups is 1. The van der Waals surface area contributed by atoms with Crippen LogP contribution in [0.4, 0.5) is 13.6 Å². The zero-order valence-corrected chi connectivity index (χ0v) is 9.16. The van der Waals surface area contributed by atoms with E-state index in [0.717, 1.165) is 0 Å². The Hall–Kier alpha value is -1.69. The molecule has 1 aromatic carbocycles. The van der Waals surface area contributed by atoms with Crippen LogP contribution < -0.4 is 11.1 Å². The second-order valence-corrected chi connectivity index (χ2v) is 3.41. The van der Waals surface area contributed by atoms with Crippen LogP contribution in [0.1, 0.15) is 5.56 Å². The summed E-state index contributed by atoms with van der Waals surface area (Å²) in [4.78, 5) is 10.2. The summed E-state index contributed by atoms with van der Waals surface area (Å²) in [6.07, 6.45) is -0.915. The van der Waals surface area contributed by atoms with E-state index in [1.165, 1.54) is 12.1 Å². The van der Waals surface area contributed by atoms with E-state index < -0.39 is 18.6 Å². The predicted octanol–water partition coefficient (Wildman–Crippen LogP) is 1.46. The van der Waals surface area contributed by atoms with Crippen molar-refractivity contribution in [2.45, 2.75) is 5.92 Å². The number of alkyl halides is 2. The monoisotopic (exact) mass is 244 g/mol. The van der Waals surface area contributed by atoms with Crippen LogP contribution in [0, 0.1) is 0 Å². The van der Waals surface area contributed by atoms with Crippen molar-refractivity contribution in [3.05, 3.63) is 35.9 Å². The van der Waals surface area contributed by atoms with E-state index in [1.807, 2.05) is 0 Å². The van der Waals surface area contributed by atoms with Crippen LogP contribution >= 0.6 is 0 Å². The fraction of sp³-hybridized carbons (Fsp3) is 0.364. The van der Waals surface area contributed by atoms with E-state index in [-0.39, 0.29) is 18.7 Å². The molecule has 1 aromatic rings. The molecular formula is C11H14F2N2O2. The number of hydrogen-bond donors (Lipinski definition) is 2. The third-order valence-corrected chi connectivity index (χ3v) is 2.07. The number of nitrogens with one attached hydrogen (secondary N) is 1. The lowest BCUT2D eigenvalue weighted by molar-refractivity contribution is -0.00379. The molecule has 0 saturated heterocycles. The number of carbonyl (C=O) groups excluding carboxylic acids is 1. The maximum Gasteiger partial charge on any atom is 0.404 e. The Morgan fingerprint density at radius 3 is 2.59 bits per heavy atom. The van der Waals surface area contributed by atoms with Gasteiger partial charge in [-0.1, -0.05) is 30.3 Å². The van der Waals surface area contributed by atoms with Gasteiger partial charge in [0.1, 0.15) is 6.61 Å². The van der Waals surface area contributed by atoms with Crippen molar-refractivity contribution in [1.82, 2.24) is 5.32 Å². The molecule has 0 spiro atoms. The molecular weight excluding hydrogens is 230 g/mol. The summed E-state index contributed by atoms with van der Waals surface area (Å²) in [7, 11) is 0. The van der Waals surface area contributed by atoms with Crippen LogP contribution in [0.15, 0.2) is 30.3 Å². The van der Waals surface area contributed by atoms with Gasteiger partial charge in [-0.3, -0.25) is 0 Å². The summed E-state index contributed by atoms with van der Waals surface area (Å²) in [6.45, 7) is -0.412. The second-order valence-electron chi connectivity index (χ2n) is 3.41. The minimum atomic E-state index is -2.95. The van der Waals surface area contributed by atoms with E-state index >= 15 is 0 Å². The van der Waals surface area contributed by atoms with E-state index in [0.29, 0.717) is 0 Å². The topological polar surface area (TPSA) is 64.4 Å². The second kappa shape index (κ2) is 6.15. The molecule has 0 aliphatic carbocycles. The van der Waals surface area contributed by atoms with Gasteiger partial charge in [0.15, 0.2) is 0 Å². The molecule has 0 radical (unpaired) electrons. The molecule has 4 nitrogen and oxygen atoms in total. The molecule has 17 heavy (non-hydrogen) atoms. The molecule has 0 fully saturated rings. The number of ether oxygens (including phenoxy) is 1. The van der Waals surface area contributed by atoms with Gasteiger partial charge in [0.25, 0.3) is 5.92 Å². The van der Waals surface area contributed by atoms with Gasteiger partial charge in [-0.15, -0.1) is 0 Å². The highest BCUT2D eigenvalue weighted by Crippen LogP contribution is 2.26. The Bertz CT molecular complexity index is 358. The van der Waals surface area contributed by atoms with Crippen molar-refractivity contribution < 1.29 is 18.3 Å². The smallest absolute Gasteiger partial charge is 0.404 e. The lowest BCUT2D eigenvalue weighted by atomic mass is 10.1. The van der Waals surface area contributed by atoms with Crippen molar-refractivity contribution in [1.29, 1.82) is 0 Å².